The Balaban J connectivity index is 0.000000151. The lowest BCUT2D eigenvalue weighted by atomic mass is 9.64. The van der Waals surface area contributed by atoms with Crippen molar-refractivity contribution in [1.82, 2.24) is 4.90 Å². The Labute approximate surface area is 128 Å². The topological polar surface area (TPSA) is 3.24 Å². The van der Waals surface area contributed by atoms with Crippen molar-refractivity contribution in [1.29, 1.82) is 0 Å². The van der Waals surface area contributed by atoms with Crippen LogP contribution in [0.3, 0.4) is 0 Å². The van der Waals surface area contributed by atoms with Crippen molar-refractivity contribution >= 4 is 0 Å². The zero-order valence-electron chi connectivity index (χ0n) is 13.6. The number of hydrogen-bond donors (Lipinski definition) is 0. The fourth-order valence-electron chi connectivity index (χ4n) is 3.83. The first-order valence-corrected chi connectivity index (χ1v) is 8.78. The predicted molar refractivity (Wildman–Crippen MR) is 91.2 cm³/mol. The van der Waals surface area contributed by atoms with Gasteiger partial charge in [-0.05, 0) is 37.1 Å². The molecule has 0 bridgehead atoms. The van der Waals surface area contributed by atoms with Gasteiger partial charge >= 0.3 is 0 Å². The summed E-state index contributed by atoms with van der Waals surface area (Å²) in [5.41, 5.74) is 0.842. The van der Waals surface area contributed by atoms with Gasteiger partial charge in [0.1, 0.15) is 0 Å². The van der Waals surface area contributed by atoms with E-state index in [-0.39, 0.29) is 7.43 Å². The molecule has 4 aliphatic rings. The van der Waals surface area contributed by atoms with E-state index in [1.165, 1.54) is 77.3 Å². The Bertz CT molecular complexity index is 238. The highest BCUT2D eigenvalue weighted by molar-refractivity contribution is 4.98. The molecule has 1 nitrogen and oxygen atoms in total. The number of hydrogen-bond acceptors (Lipinski definition) is 1. The SMILES string of the molecule is C.CC1CCC1.CC1CCCC1.CN1CC2(CCC2)C1. The van der Waals surface area contributed by atoms with Crippen molar-refractivity contribution in [2.45, 2.75) is 85.5 Å². The molecule has 20 heavy (non-hydrogen) atoms. The van der Waals surface area contributed by atoms with Crippen LogP contribution >= 0.6 is 0 Å². The standard InChI is InChI=1S/C7H13N.C6H12.C5H10.CH4/c1-8-5-7(6-8)3-2-4-7;1-6-4-2-3-5-6;1-5-3-2-4-5;/h2-6H2,1H3;6H,2-5H2,1H3;5H,2-4H2,1H3;1H4. The van der Waals surface area contributed by atoms with Crippen LogP contribution in [0.15, 0.2) is 0 Å². The molecule has 3 saturated carbocycles. The highest BCUT2D eigenvalue weighted by Gasteiger charge is 2.45. The second kappa shape index (κ2) is 8.41. The lowest BCUT2D eigenvalue weighted by Crippen LogP contribution is -2.57. The van der Waals surface area contributed by atoms with E-state index >= 15 is 0 Å². The summed E-state index contributed by atoms with van der Waals surface area (Å²) in [6, 6.07) is 0. The Kier molecular flexibility index (Phi) is 7.58. The van der Waals surface area contributed by atoms with Gasteiger partial charge in [-0.1, -0.05) is 72.6 Å². The Morgan fingerprint density at radius 2 is 1.20 bits per heavy atom. The highest BCUT2D eigenvalue weighted by Crippen LogP contribution is 2.47. The van der Waals surface area contributed by atoms with Crippen LogP contribution < -0.4 is 0 Å². The molecular weight excluding hydrogens is 242 g/mol. The number of nitrogens with zero attached hydrogens (tertiary/aromatic N) is 1. The minimum atomic E-state index is 0. The Morgan fingerprint density at radius 3 is 1.30 bits per heavy atom. The molecule has 4 fully saturated rings. The molecule has 0 atom stereocenters. The van der Waals surface area contributed by atoms with E-state index in [9.17, 15) is 0 Å². The molecule has 0 aromatic carbocycles. The molecule has 1 aliphatic heterocycles. The van der Waals surface area contributed by atoms with Crippen molar-refractivity contribution in [2.75, 3.05) is 20.1 Å². The van der Waals surface area contributed by atoms with Gasteiger partial charge in [0.25, 0.3) is 0 Å². The van der Waals surface area contributed by atoms with Gasteiger partial charge in [0.05, 0.1) is 0 Å². The van der Waals surface area contributed by atoms with E-state index in [4.69, 9.17) is 0 Å². The quantitative estimate of drug-likeness (QED) is 0.547. The summed E-state index contributed by atoms with van der Waals surface area (Å²) in [6.45, 7) is 7.41. The minimum absolute atomic E-state index is 0. The summed E-state index contributed by atoms with van der Waals surface area (Å²) in [5.74, 6) is 2.11. The van der Waals surface area contributed by atoms with Crippen LogP contribution in [-0.2, 0) is 0 Å². The monoisotopic (exact) mass is 281 g/mol. The summed E-state index contributed by atoms with van der Waals surface area (Å²) in [6.07, 6.45) is 14.9. The van der Waals surface area contributed by atoms with Crippen molar-refractivity contribution in [3.63, 3.8) is 0 Å². The van der Waals surface area contributed by atoms with E-state index in [2.05, 4.69) is 25.8 Å². The summed E-state index contributed by atoms with van der Waals surface area (Å²) in [7, 11) is 2.21. The largest absolute Gasteiger partial charge is 0.305 e. The van der Waals surface area contributed by atoms with Crippen LogP contribution in [0.1, 0.15) is 85.5 Å². The third-order valence-corrected chi connectivity index (χ3v) is 5.66. The normalized spacial score (nSPS) is 27.8. The van der Waals surface area contributed by atoms with E-state index in [1.54, 1.807) is 0 Å². The average Bonchev–Trinajstić information content (AvgIpc) is 2.72. The van der Waals surface area contributed by atoms with Gasteiger partial charge in [0.2, 0.25) is 0 Å². The second-order valence-electron chi connectivity index (χ2n) is 7.95. The van der Waals surface area contributed by atoms with Gasteiger partial charge in [-0.2, -0.15) is 0 Å². The van der Waals surface area contributed by atoms with E-state index < -0.39 is 0 Å². The fraction of sp³-hybridized carbons (Fsp3) is 1.00. The smallest absolute Gasteiger partial charge is 0.00474 e. The first kappa shape index (κ1) is 18.0. The lowest BCUT2D eigenvalue weighted by Gasteiger charge is -2.54. The minimum Gasteiger partial charge on any atom is -0.305 e. The van der Waals surface area contributed by atoms with Crippen LogP contribution in [0, 0.1) is 17.3 Å². The maximum Gasteiger partial charge on any atom is 0.00474 e. The molecule has 0 N–H and O–H groups in total. The first-order chi connectivity index (χ1) is 9.10. The van der Waals surface area contributed by atoms with Gasteiger partial charge < -0.3 is 4.90 Å². The summed E-state index contributed by atoms with van der Waals surface area (Å²) in [4.78, 5) is 2.42. The van der Waals surface area contributed by atoms with Gasteiger partial charge in [0.15, 0.2) is 0 Å². The van der Waals surface area contributed by atoms with Crippen LogP contribution in [0.2, 0.25) is 0 Å². The summed E-state index contributed by atoms with van der Waals surface area (Å²) >= 11 is 0. The van der Waals surface area contributed by atoms with Crippen LogP contribution in [-0.4, -0.2) is 25.0 Å². The van der Waals surface area contributed by atoms with Crippen molar-refractivity contribution in [2.24, 2.45) is 17.3 Å². The van der Waals surface area contributed by atoms with E-state index in [0.29, 0.717) is 0 Å². The van der Waals surface area contributed by atoms with Crippen molar-refractivity contribution < 1.29 is 0 Å². The van der Waals surface area contributed by atoms with Gasteiger partial charge in [-0.25, -0.2) is 0 Å². The molecule has 1 spiro atoms. The average molecular weight is 282 g/mol. The van der Waals surface area contributed by atoms with E-state index in [1.807, 2.05) is 0 Å². The van der Waals surface area contributed by atoms with Gasteiger partial charge in [-0.15, -0.1) is 0 Å². The zero-order chi connectivity index (χ0) is 13.7. The number of rotatable bonds is 0. The predicted octanol–water partition coefficient (Wildman–Crippen LogP) is 5.74. The summed E-state index contributed by atoms with van der Waals surface area (Å²) < 4.78 is 0. The maximum absolute atomic E-state index is 2.42. The zero-order valence-corrected chi connectivity index (χ0v) is 13.6. The Morgan fingerprint density at radius 1 is 0.750 bits per heavy atom. The first-order valence-electron chi connectivity index (χ1n) is 8.78. The molecule has 0 radical (unpaired) electrons. The molecule has 1 saturated heterocycles. The van der Waals surface area contributed by atoms with Crippen molar-refractivity contribution in [3.8, 4) is 0 Å². The van der Waals surface area contributed by atoms with Gasteiger partial charge in [-0.3, -0.25) is 0 Å². The fourth-order valence-corrected chi connectivity index (χ4v) is 3.83. The molecule has 1 heteroatoms. The molecule has 0 amide bonds. The molecular formula is C19H39N. The molecule has 0 unspecified atom stereocenters. The lowest BCUT2D eigenvalue weighted by molar-refractivity contribution is -0.0436. The van der Waals surface area contributed by atoms with Crippen LogP contribution in [0.25, 0.3) is 0 Å². The van der Waals surface area contributed by atoms with E-state index in [0.717, 1.165) is 17.3 Å². The maximum atomic E-state index is 2.42. The molecule has 3 aliphatic carbocycles. The Hall–Kier alpha value is -0.0400. The summed E-state index contributed by atoms with van der Waals surface area (Å²) in [5, 5.41) is 0. The number of likely N-dealkylation sites (tertiary alicyclic amines) is 1. The third kappa shape index (κ3) is 5.39. The second-order valence-corrected chi connectivity index (χ2v) is 7.95. The molecule has 1 heterocycles. The third-order valence-electron chi connectivity index (χ3n) is 5.66. The molecule has 4 rings (SSSR count). The van der Waals surface area contributed by atoms with Crippen molar-refractivity contribution in [3.05, 3.63) is 0 Å². The molecule has 0 aromatic rings. The molecule has 0 aromatic heterocycles. The van der Waals surface area contributed by atoms with Crippen LogP contribution in [0.4, 0.5) is 0 Å². The highest BCUT2D eigenvalue weighted by atomic mass is 15.2. The van der Waals surface area contributed by atoms with Crippen LogP contribution in [0.5, 0.6) is 0 Å². The molecule has 120 valence electrons. The van der Waals surface area contributed by atoms with Gasteiger partial charge in [0, 0.05) is 13.1 Å².